The van der Waals surface area contributed by atoms with Crippen molar-refractivity contribution in [1.82, 2.24) is 15.2 Å². The molecule has 0 aliphatic rings. The number of aliphatic hydroxyl groups is 1. The van der Waals surface area contributed by atoms with Crippen LogP contribution in [0.4, 0.5) is 0 Å². The smallest absolute Gasteiger partial charge is 0.153 e. The van der Waals surface area contributed by atoms with Crippen molar-refractivity contribution in [3.63, 3.8) is 0 Å². The molecule has 0 spiro atoms. The first-order chi connectivity index (χ1) is 5.54. The Hall–Kier alpha value is -0.900. The SMILES string of the molecule is CC(C)(C)c1nc(CCO)n[nH]1. The summed E-state index contributed by atoms with van der Waals surface area (Å²) in [6, 6.07) is 0. The molecule has 0 saturated carbocycles. The summed E-state index contributed by atoms with van der Waals surface area (Å²) in [6.45, 7) is 6.30. The second-order valence-corrected chi connectivity index (χ2v) is 3.82. The average Bonchev–Trinajstić information content (AvgIpc) is 2.35. The van der Waals surface area contributed by atoms with Crippen LogP contribution in [0.2, 0.25) is 0 Å². The lowest BCUT2D eigenvalue weighted by atomic mass is 9.96. The first-order valence-corrected chi connectivity index (χ1v) is 4.06. The zero-order valence-corrected chi connectivity index (χ0v) is 7.76. The molecule has 1 aromatic heterocycles. The van der Waals surface area contributed by atoms with Gasteiger partial charge in [0.15, 0.2) is 5.82 Å². The predicted octanol–water partition coefficient (Wildman–Crippen LogP) is 0.637. The van der Waals surface area contributed by atoms with Gasteiger partial charge in [-0.2, -0.15) is 5.10 Å². The summed E-state index contributed by atoms with van der Waals surface area (Å²) in [5.74, 6) is 1.55. The fourth-order valence-corrected chi connectivity index (χ4v) is 0.844. The van der Waals surface area contributed by atoms with Crippen molar-refractivity contribution in [1.29, 1.82) is 0 Å². The molecule has 1 heterocycles. The van der Waals surface area contributed by atoms with Crippen molar-refractivity contribution < 1.29 is 5.11 Å². The van der Waals surface area contributed by atoms with Crippen LogP contribution in [0.15, 0.2) is 0 Å². The van der Waals surface area contributed by atoms with Crippen LogP contribution >= 0.6 is 0 Å². The van der Waals surface area contributed by atoms with Crippen molar-refractivity contribution in [3.8, 4) is 0 Å². The summed E-state index contributed by atoms with van der Waals surface area (Å²) >= 11 is 0. The highest BCUT2D eigenvalue weighted by molar-refractivity contribution is 5.01. The first-order valence-electron chi connectivity index (χ1n) is 4.06. The second-order valence-electron chi connectivity index (χ2n) is 3.82. The molecule has 12 heavy (non-hydrogen) atoms. The van der Waals surface area contributed by atoms with Crippen LogP contribution in [0.25, 0.3) is 0 Å². The van der Waals surface area contributed by atoms with E-state index in [0.717, 1.165) is 5.82 Å². The lowest BCUT2D eigenvalue weighted by molar-refractivity contribution is 0.296. The summed E-state index contributed by atoms with van der Waals surface area (Å²) in [5, 5.41) is 15.5. The molecular weight excluding hydrogens is 154 g/mol. The van der Waals surface area contributed by atoms with Gasteiger partial charge in [0.1, 0.15) is 5.82 Å². The fraction of sp³-hybridized carbons (Fsp3) is 0.750. The Bertz CT molecular complexity index is 249. The first kappa shape index (κ1) is 9.19. The number of H-pyrrole nitrogens is 1. The third kappa shape index (κ3) is 2.04. The molecule has 0 amide bonds. The van der Waals surface area contributed by atoms with Crippen LogP contribution in [-0.2, 0) is 11.8 Å². The monoisotopic (exact) mass is 169 g/mol. The van der Waals surface area contributed by atoms with Gasteiger partial charge in [-0.3, -0.25) is 5.10 Å². The van der Waals surface area contributed by atoms with E-state index in [2.05, 4.69) is 36.0 Å². The molecule has 1 aromatic rings. The summed E-state index contributed by atoms with van der Waals surface area (Å²) < 4.78 is 0. The largest absolute Gasteiger partial charge is 0.396 e. The molecule has 0 aliphatic heterocycles. The normalized spacial score (nSPS) is 12.0. The molecule has 0 unspecified atom stereocenters. The van der Waals surface area contributed by atoms with Gasteiger partial charge in [-0.25, -0.2) is 4.98 Å². The molecule has 68 valence electrons. The molecule has 2 N–H and O–H groups in total. The summed E-state index contributed by atoms with van der Waals surface area (Å²) in [5.41, 5.74) is 0.000700. The minimum Gasteiger partial charge on any atom is -0.396 e. The predicted molar refractivity (Wildman–Crippen MR) is 45.9 cm³/mol. The molecule has 0 bridgehead atoms. The summed E-state index contributed by atoms with van der Waals surface area (Å²) in [4.78, 5) is 4.24. The van der Waals surface area contributed by atoms with E-state index in [-0.39, 0.29) is 12.0 Å². The number of nitrogens with one attached hydrogen (secondary N) is 1. The third-order valence-corrected chi connectivity index (χ3v) is 1.58. The van der Waals surface area contributed by atoms with E-state index in [1.807, 2.05) is 0 Å². The zero-order chi connectivity index (χ0) is 9.19. The number of nitrogens with zero attached hydrogens (tertiary/aromatic N) is 2. The van der Waals surface area contributed by atoms with Crippen LogP contribution in [0.1, 0.15) is 32.4 Å². The fourth-order valence-electron chi connectivity index (χ4n) is 0.844. The Balaban J connectivity index is 2.77. The van der Waals surface area contributed by atoms with E-state index in [1.165, 1.54) is 0 Å². The zero-order valence-electron chi connectivity index (χ0n) is 7.76. The van der Waals surface area contributed by atoms with E-state index in [4.69, 9.17) is 5.11 Å². The van der Waals surface area contributed by atoms with E-state index >= 15 is 0 Å². The van der Waals surface area contributed by atoms with E-state index in [1.54, 1.807) is 0 Å². The van der Waals surface area contributed by atoms with Gasteiger partial charge in [-0.05, 0) is 0 Å². The maximum Gasteiger partial charge on any atom is 0.153 e. The third-order valence-electron chi connectivity index (χ3n) is 1.58. The molecule has 0 saturated heterocycles. The Labute approximate surface area is 72.0 Å². The highest BCUT2D eigenvalue weighted by Crippen LogP contribution is 2.17. The Morgan fingerprint density at radius 3 is 2.50 bits per heavy atom. The van der Waals surface area contributed by atoms with Gasteiger partial charge >= 0.3 is 0 Å². The molecule has 0 aromatic carbocycles. The molecule has 0 atom stereocenters. The Kier molecular flexibility index (Phi) is 2.47. The van der Waals surface area contributed by atoms with Crippen molar-refractivity contribution >= 4 is 0 Å². The maximum absolute atomic E-state index is 8.64. The topological polar surface area (TPSA) is 61.8 Å². The second kappa shape index (κ2) is 3.23. The highest BCUT2D eigenvalue weighted by atomic mass is 16.3. The van der Waals surface area contributed by atoms with Crippen LogP contribution in [-0.4, -0.2) is 26.9 Å². The van der Waals surface area contributed by atoms with Crippen molar-refractivity contribution in [3.05, 3.63) is 11.6 Å². The van der Waals surface area contributed by atoms with E-state index < -0.39 is 0 Å². The molecular formula is C8H15N3O. The molecule has 0 fully saturated rings. The van der Waals surface area contributed by atoms with Gasteiger partial charge < -0.3 is 5.11 Å². The van der Waals surface area contributed by atoms with Crippen LogP contribution in [0.5, 0.6) is 0 Å². The average molecular weight is 169 g/mol. The minimum absolute atomic E-state index is 0.000700. The lowest BCUT2D eigenvalue weighted by Crippen LogP contribution is -2.13. The molecule has 0 aliphatic carbocycles. The van der Waals surface area contributed by atoms with Crippen molar-refractivity contribution in [2.24, 2.45) is 0 Å². The van der Waals surface area contributed by atoms with Crippen LogP contribution < -0.4 is 0 Å². The van der Waals surface area contributed by atoms with Crippen molar-refractivity contribution in [2.75, 3.05) is 6.61 Å². The van der Waals surface area contributed by atoms with Crippen molar-refractivity contribution in [2.45, 2.75) is 32.6 Å². The Morgan fingerprint density at radius 2 is 2.08 bits per heavy atom. The number of rotatable bonds is 2. The molecule has 1 rings (SSSR count). The number of aromatic nitrogens is 3. The molecule has 4 heteroatoms. The van der Waals surface area contributed by atoms with Crippen LogP contribution in [0, 0.1) is 0 Å². The summed E-state index contributed by atoms with van der Waals surface area (Å²) in [6.07, 6.45) is 0.520. The van der Waals surface area contributed by atoms with Gasteiger partial charge in [-0.15, -0.1) is 0 Å². The number of hydrogen-bond donors (Lipinski definition) is 2. The van der Waals surface area contributed by atoms with Crippen LogP contribution in [0.3, 0.4) is 0 Å². The quantitative estimate of drug-likeness (QED) is 0.682. The minimum atomic E-state index is 0.000700. The Morgan fingerprint density at radius 1 is 1.42 bits per heavy atom. The van der Waals surface area contributed by atoms with E-state index in [9.17, 15) is 0 Å². The standard InChI is InChI=1S/C8H15N3O/c1-8(2,3)7-9-6(4-5-12)10-11-7/h12H,4-5H2,1-3H3,(H,9,10,11). The van der Waals surface area contributed by atoms with Gasteiger partial charge in [0.05, 0.1) is 6.61 Å². The van der Waals surface area contributed by atoms with Gasteiger partial charge in [0.25, 0.3) is 0 Å². The van der Waals surface area contributed by atoms with Gasteiger partial charge in [0, 0.05) is 11.8 Å². The molecule has 0 radical (unpaired) electrons. The maximum atomic E-state index is 8.64. The van der Waals surface area contributed by atoms with E-state index in [0.29, 0.717) is 12.2 Å². The number of hydrogen-bond acceptors (Lipinski definition) is 3. The van der Waals surface area contributed by atoms with Gasteiger partial charge in [0.2, 0.25) is 0 Å². The lowest BCUT2D eigenvalue weighted by Gasteiger charge is -2.12. The molecule has 4 nitrogen and oxygen atoms in total. The number of aromatic amines is 1. The highest BCUT2D eigenvalue weighted by Gasteiger charge is 2.17. The summed E-state index contributed by atoms with van der Waals surface area (Å²) in [7, 11) is 0. The number of aliphatic hydroxyl groups excluding tert-OH is 1. The van der Waals surface area contributed by atoms with Gasteiger partial charge in [-0.1, -0.05) is 20.8 Å².